The summed E-state index contributed by atoms with van der Waals surface area (Å²) in [6.07, 6.45) is -0.377. The summed E-state index contributed by atoms with van der Waals surface area (Å²) in [5.74, 6) is -0.925. The van der Waals surface area contributed by atoms with Crippen molar-refractivity contribution in [2.24, 2.45) is 0 Å². The molecule has 2 rings (SSSR count). The quantitative estimate of drug-likeness (QED) is 0.854. The van der Waals surface area contributed by atoms with E-state index in [9.17, 15) is 9.59 Å². The molecule has 0 saturated carbocycles. The Bertz CT molecular complexity index is 703. The first-order valence-corrected chi connectivity index (χ1v) is 7.57. The number of aryl methyl sites for hydroxylation is 1. The van der Waals surface area contributed by atoms with Gasteiger partial charge in [-0.2, -0.15) is 0 Å². The Hall–Kier alpha value is -2.56. The largest absolute Gasteiger partial charge is 0.462 e. The second-order valence-electron chi connectivity index (χ2n) is 5.30. The summed E-state index contributed by atoms with van der Waals surface area (Å²) in [6.45, 7) is 7.28. The zero-order valence-corrected chi connectivity index (χ0v) is 13.8. The van der Waals surface area contributed by atoms with E-state index in [-0.39, 0.29) is 18.4 Å². The molecule has 1 N–H and O–H groups in total. The molecule has 1 aromatic heterocycles. The lowest BCUT2D eigenvalue weighted by Gasteiger charge is -2.13. The fourth-order valence-corrected chi connectivity index (χ4v) is 2.48. The van der Waals surface area contributed by atoms with Crippen LogP contribution in [0, 0.1) is 13.8 Å². The molecule has 0 spiro atoms. The van der Waals surface area contributed by atoms with Crippen molar-refractivity contribution in [2.75, 3.05) is 6.61 Å². The number of benzene rings is 1. The number of hydrogen-bond acceptors (Lipinski definition) is 4. The highest BCUT2D eigenvalue weighted by Gasteiger charge is 2.24. The van der Waals surface area contributed by atoms with Gasteiger partial charge in [0.2, 0.25) is 0 Å². The van der Waals surface area contributed by atoms with Crippen molar-refractivity contribution in [3.63, 3.8) is 0 Å². The van der Waals surface area contributed by atoms with Gasteiger partial charge in [0.1, 0.15) is 11.8 Å². The minimum Gasteiger partial charge on any atom is -0.462 e. The first-order chi connectivity index (χ1) is 11.0. The summed E-state index contributed by atoms with van der Waals surface area (Å²) in [5.41, 5.74) is 2.73. The SMILES string of the molecule is CCOC(=O)c1c(C)[nH]c(C(=O)OC(C)c2ccccc2)c1C. The van der Waals surface area contributed by atoms with Gasteiger partial charge >= 0.3 is 11.9 Å². The van der Waals surface area contributed by atoms with E-state index in [1.54, 1.807) is 20.8 Å². The maximum atomic E-state index is 12.4. The highest BCUT2D eigenvalue weighted by Crippen LogP contribution is 2.23. The van der Waals surface area contributed by atoms with Crippen LogP contribution in [0.3, 0.4) is 0 Å². The summed E-state index contributed by atoms with van der Waals surface area (Å²) in [7, 11) is 0. The van der Waals surface area contributed by atoms with Crippen molar-refractivity contribution < 1.29 is 19.1 Å². The van der Waals surface area contributed by atoms with Crippen LogP contribution in [0.25, 0.3) is 0 Å². The topological polar surface area (TPSA) is 68.4 Å². The third-order valence-electron chi connectivity index (χ3n) is 3.67. The molecule has 0 fully saturated rings. The summed E-state index contributed by atoms with van der Waals surface area (Å²) in [5, 5.41) is 0. The molecule has 0 aliphatic rings. The van der Waals surface area contributed by atoms with E-state index in [0.29, 0.717) is 16.8 Å². The molecule has 0 aliphatic carbocycles. The van der Waals surface area contributed by atoms with Crippen LogP contribution in [-0.2, 0) is 9.47 Å². The van der Waals surface area contributed by atoms with E-state index < -0.39 is 11.9 Å². The van der Waals surface area contributed by atoms with Gasteiger partial charge in [0.25, 0.3) is 0 Å². The molecular weight excluding hydrogens is 294 g/mol. The maximum Gasteiger partial charge on any atom is 0.355 e. The van der Waals surface area contributed by atoms with Crippen molar-refractivity contribution in [1.82, 2.24) is 4.98 Å². The molecule has 1 atom stereocenters. The van der Waals surface area contributed by atoms with E-state index in [2.05, 4.69) is 4.98 Å². The molecule has 5 heteroatoms. The van der Waals surface area contributed by atoms with Gasteiger partial charge in [0.05, 0.1) is 12.2 Å². The lowest BCUT2D eigenvalue weighted by molar-refractivity contribution is 0.0330. The number of rotatable bonds is 5. The van der Waals surface area contributed by atoms with Gasteiger partial charge in [0, 0.05) is 5.69 Å². The minimum absolute atomic E-state index is 0.285. The Morgan fingerprint density at radius 1 is 1.13 bits per heavy atom. The predicted molar refractivity (Wildman–Crippen MR) is 86.5 cm³/mol. The monoisotopic (exact) mass is 315 g/mol. The van der Waals surface area contributed by atoms with Gasteiger partial charge in [-0.3, -0.25) is 0 Å². The second-order valence-corrected chi connectivity index (χ2v) is 5.30. The molecular formula is C18H21NO4. The normalized spacial score (nSPS) is 11.8. The molecule has 0 amide bonds. The summed E-state index contributed by atoms with van der Waals surface area (Å²) >= 11 is 0. The highest BCUT2D eigenvalue weighted by molar-refractivity contribution is 5.98. The van der Waals surface area contributed by atoms with E-state index in [1.165, 1.54) is 0 Å². The molecule has 1 unspecified atom stereocenters. The van der Waals surface area contributed by atoms with Gasteiger partial charge in [-0.15, -0.1) is 0 Å². The van der Waals surface area contributed by atoms with E-state index in [0.717, 1.165) is 5.56 Å². The first kappa shape index (κ1) is 16.8. The van der Waals surface area contributed by atoms with Crippen molar-refractivity contribution >= 4 is 11.9 Å². The van der Waals surface area contributed by atoms with Gasteiger partial charge in [-0.25, -0.2) is 9.59 Å². The summed E-state index contributed by atoms with van der Waals surface area (Å²) < 4.78 is 10.5. The Morgan fingerprint density at radius 3 is 2.39 bits per heavy atom. The smallest absolute Gasteiger partial charge is 0.355 e. The van der Waals surface area contributed by atoms with Crippen LogP contribution in [0.2, 0.25) is 0 Å². The Labute approximate surface area is 135 Å². The van der Waals surface area contributed by atoms with Crippen molar-refractivity contribution in [1.29, 1.82) is 0 Å². The number of aromatic amines is 1. The van der Waals surface area contributed by atoms with Gasteiger partial charge in [0.15, 0.2) is 0 Å². The van der Waals surface area contributed by atoms with Crippen LogP contribution in [0.4, 0.5) is 0 Å². The molecule has 0 bridgehead atoms. The van der Waals surface area contributed by atoms with Gasteiger partial charge in [-0.05, 0) is 38.8 Å². The average molecular weight is 315 g/mol. The van der Waals surface area contributed by atoms with Crippen LogP contribution in [0.1, 0.15) is 57.6 Å². The molecule has 0 aliphatic heterocycles. The fraction of sp³-hybridized carbons (Fsp3) is 0.333. The lowest BCUT2D eigenvalue weighted by Crippen LogP contribution is -2.11. The molecule has 0 radical (unpaired) electrons. The lowest BCUT2D eigenvalue weighted by atomic mass is 10.1. The number of esters is 2. The standard InChI is InChI=1S/C18H21NO4/c1-5-22-17(20)15-11(2)16(19-12(15)3)18(21)23-13(4)14-9-7-6-8-10-14/h6-10,13,19H,5H2,1-4H3. The number of carbonyl (C=O) groups is 2. The molecule has 5 nitrogen and oxygen atoms in total. The maximum absolute atomic E-state index is 12.4. The van der Waals surface area contributed by atoms with Crippen LogP contribution in [-0.4, -0.2) is 23.5 Å². The Morgan fingerprint density at radius 2 is 1.78 bits per heavy atom. The Kier molecular flexibility index (Phi) is 5.21. The number of carbonyl (C=O) groups excluding carboxylic acids is 2. The number of aromatic nitrogens is 1. The molecule has 23 heavy (non-hydrogen) atoms. The van der Waals surface area contributed by atoms with Crippen molar-refractivity contribution in [2.45, 2.75) is 33.8 Å². The number of nitrogens with one attached hydrogen (secondary N) is 1. The molecule has 0 saturated heterocycles. The van der Waals surface area contributed by atoms with E-state index in [4.69, 9.17) is 9.47 Å². The zero-order chi connectivity index (χ0) is 17.0. The van der Waals surface area contributed by atoms with Crippen LogP contribution in [0.15, 0.2) is 30.3 Å². The average Bonchev–Trinajstić information content (AvgIpc) is 2.83. The third kappa shape index (κ3) is 3.62. The molecule has 1 heterocycles. The second kappa shape index (κ2) is 7.13. The molecule has 122 valence electrons. The number of ether oxygens (including phenoxy) is 2. The fourth-order valence-electron chi connectivity index (χ4n) is 2.48. The van der Waals surface area contributed by atoms with Crippen LogP contribution < -0.4 is 0 Å². The van der Waals surface area contributed by atoms with Crippen LogP contribution in [0.5, 0.6) is 0 Å². The first-order valence-electron chi connectivity index (χ1n) is 7.57. The number of H-pyrrole nitrogens is 1. The number of hydrogen-bond donors (Lipinski definition) is 1. The highest BCUT2D eigenvalue weighted by atomic mass is 16.5. The Balaban J connectivity index is 2.20. The molecule has 1 aromatic carbocycles. The van der Waals surface area contributed by atoms with E-state index >= 15 is 0 Å². The summed E-state index contributed by atoms with van der Waals surface area (Å²) in [6, 6.07) is 9.48. The summed E-state index contributed by atoms with van der Waals surface area (Å²) in [4.78, 5) is 27.3. The van der Waals surface area contributed by atoms with Crippen molar-refractivity contribution in [3.8, 4) is 0 Å². The van der Waals surface area contributed by atoms with Crippen LogP contribution >= 0.6 is 0 Å². The predicted octanol–water partition coefficient (Wildman–Crippen LogP) is 3.73. The van der Waals surface area contributed by atoms with Crippen molar-refractivity contribution in [3.05, 3.63) is 58.4 Å². The third-order valence-corrected chi connectivity index (χ3v) is 3.67. The van der Waals surface area contributed by atoms with Gasteiger partial charge < -0.3 is 14.5 Å². The minimum atomic E-state index is -0.488. The molecule has 2 aromatic rings. The van der Waals surface area contributed by atoms with Gasteiger partial charge in [-0.1, -0.05) is 30.3 Å². The van der Waals surface area contributed by atoms with E-state index in [1.807, 2.05) is 37.3 Å². The zero-order valence-electron chi connectivity index (χ0n) is 13.8.